The summed E-state index contributed by atoms with van der Waals surface area (Å²) in [7, 11) is 0. The zero-order valence-corrected chi connectivity index (χ0v) is 18.5. The van der Waals surface area contributed by atoms with Crippen LogP contribution in [0.5, 0.6) is 0 Å². The third kappa shape index (κ3) is 4.45. The van der Waals surface area contributed by atoms with E-state index in [1.807, 2.05) is 0 Å². The molecule has 33 heavy (non-hydrogen) atoms. The molecule has 0 saturated carbocycles. The van der Waals surface area contributed by atoms with Crippen LogP contribution in [0, 0.1) is 11.6 Å². The first-order valence-corrected chi connectivity index (χ1v) is 10.4. The van der Waals surface area contributed by atoms with Gasteiger partial charge in [-0.2, -0.15) is 13.2 Å². The molecular formula is C22H11BrClF5N2O2. The minimum absolute atomic E-state index is 0.0471. The van der Waals surface area contributed by atoms with Crippen molar-refractivity contribution in [2.24, 2.45) is 0 Å². The quantitative estimate of drug-likeness (QED) is 0.370. The zero-order valence-electron chi connectivity index (χ0n) is 16.2. The van der Waals surface area contributed by atoms with Crippen molar-refractivity contribution in [3.05, 3.63) is 97.5 Å². The van der Waals surface area contributed by atoms with E-state index in [1.54, 1.807) is 0 Å². The second-order valence-electron chi connectivity index (χ2n) is 7.14. The number of rotatable bonds is 3. The van der Waals surface area contributed by atoms with Crippen molar-refractivity contribution in [3.8, 4) is 0 Å². The topological polar surface area (TPSA) is 58.2 Å². The van der Waals surface area contributed by atoms with Crippen molar-refractivity contribution in [2.75, 3.05) is 5.32 Å². The Bertz CT molecular complexity index is 1310. The summed E-state index contributed by atoms with van der Waals surface area (Å²) in [6, 6.07) is 7.41. The van der Waals surface area contributed by atoms with Crippen molar-refractivity contribution in [1.29, 1.82) is 0 Å². The molecule has 1 aliphatic heterocycles. The van der Waals surface area contributed by atoms with Crippen molar-refractivity contribution in [1.82, 2.24) is 5.32 Å². The van der Waals surface area contributed by atoms with Crippen LogP contribution in [0.2, 0.25) is 5.02 Å². The molecule has 4 nitrogen and oxygen atoms in total. The van der Waals surface area contributed by atoms with E-state index < -0.39 is 46.8 Å². The van der Waals surface area contributed by atoms with Gasteiger partial charge in [0.25, 0.3) is 11.8 Å². The molecule has 0 bridgehead atoms. The minimum Gasteiger partial charge on any atom is -0.341 e. The molecule has 1 aliphatic rings. The van der Waals surface area contributed by atoms with Gasteiger partial charge in [0, 0.05) is 32.4 Å². The van der Waals surface area contributed by atoms with Gasteiger partial charge in [-0.05, 0) is 36.4 Å². The molecule has 11 heteroatoms. The van der Waals surface area contributed by atoms with E-state index in [0.717, 1.165) is 6.07 Å². The molecule has 0 spiro atoms. The fourth-order valence-corrected chi connectivity index (χ4v) is 4.25. The molecule has 0 saturated heterocycles. The summed E-state index contributed by atoms with van der Waals surface area (Å²) in [5.74, 6) is -3.53. The summed E-state index contributed by atoms with van der Waals surface area (Å²) in [6.07, 6.45) is -4.86. The maximum atomic E-state index is 14.0. The van der Waals surface area contributed by atoms with Gasteiger partial charge in [0.15, 0.2) is 0 Å². The number of fused-ring (bicyclic) bond motifs is 1. The Hall–Kier alpha value is -2.98. The van der Waals surface area contributed by atoms with Crippen molar-refractivity contribution in [2.45, 2.75) is 12.2 Å². The molecule has 1 heterocycles. The van der Waals surface area contributed by atoms with Crippen LogP contribution in [-0.4, -0.2) is 11.8 Å². The lowest BCUT2D eigenvalue weighted by molar-refractivity contribution is -0.137. The first-order valence-electron chi connectivity index (χ1n) is 9.23. The van der Waals surface area contributed by atoms with E-state index in [2.05, 4.69) is 26.6 Å². The molecule has 3 aromatic carbocycles. The predicted molar refractivity (Wildman–Crippen MR) is 114 cm³/mol. The van der Waals surface area contributed by atoms with E-state index in [1.165, 1.54) is 24.3 Å². The van der Waals surface area contributed by atoms with Crippen LogP contribution in [0.1, 0.15) is 43.4 Å². The minimum atomic E-state index is -4.86. The molecule has 2 amide bonds. The number of halogens is 7. The predicted octanol–water partition coefficient (Wildman–Crippen LogP) is 6.48. The van der Waals surface area contributed by atoms with Crippen molar-refractivity contribution < 1.29 is 31.5 Å². The number of nitrogens with one attached hydrogen (secondary N) is 2. The van der Waals surface area contributed by atoms with Gasteiger partial charge >= 0.3 is 6.18 Å². The van der Waals surface area contributed by atoms with Gasteiger partial charge in [0.1, 0.15) is 11.6 Å². The second kappa shape index (κ2) is 8.42. The summed E-state index contributed by atoms with van der Waals surface area (Å²) < 4.78 is 67.3. The van der Waals surface area contributed by atoms with E-state index in [0.29, 0.717) is 16.6 Å². The van der Waals surface area contributed by atoms with Crippen molar-refractivity contribution in [3.63, 3.8) is 0 Å². The Balaban J connectivity index is 1.79. The summed E-state index contributed by atoms with van der Waals surface area (Å²) in [5, 5.41) is 4.84. The van der Waals surface area contributed by atoms with E-state index in [9.17, 15) is 31.5 Å². The highest BCUT2D eigenvalue weighted by Gasteiger charge is 2.35. The van der Waals surface area contributed by atoms with Crippen LogP contribution in [-0.2, 0) is 6.18 Å². The summed E-state index contributed by atoms with van der Waals surface area (Å²) in [6.45, 7) is 0. The van der Waals surface area contributed by atoms with Gasteiger partial charge in [0.05, 0.1) is 16.6 Å². The summed E-state index contributed by atoms with van der Waals surface area (Å²) in [4.78, 5) is 25.3. The van der Waals surface area contributed by atoms with Crippen LogP contribution < -0.4 is 10.6 Å². The van der Waals surface area contributed by atoms with Crippen LogP contribution in [0.4, 0.5) is 27.6 Å². The Morgan fingerprint density at radius 2 is 1.82 bits per heavy atom. The van der Waals surface area contributed by atoms with Gasteiger partial charge in [0.2, 0.25) is 0 Å². The van der Waals surface area contributed by atoms with Crippen LogP contribution in [0.25, 0.3) is 0 Å². The molecule has 0 aliphatic carbocycles. The fourth-order valence-electron chi connectivity index (χ4n) is 3.56. The Morgan fingerprint density at radius 3 is 2.52 bits per heavy atom. The molecule has 4 rings (SSSR count). The smallest absolute Gasteiger partial charge is 0.341 e. The molecule has 0 fully saturated rings. The average Bonchev–Trinajstić information content (AvgIpc) is 3.05. The number of hydrogen-bond donors (Lipinski definition) is 2. The monoisotopic (exact) mass is 544 g/mol. The first-order chi connectivity index (χ1) is 15.5. The molecule has 0 aromatic heterocycles. The van der Waals surface area contributed by atoms with Crippen LogP contribution >= 0.6 is 27.5 Å². The molecular weight excluding hydrogens is 535 g/mol. The standard InChI is InChI=1S/C22H11BrClF5N2O2/c23-11-7-14-17(19(31-21(14)33)13-2-1-3-15(26)18(13)24)16(8-11)30-20(32)9-4-10(22(27,28)29)6-12(25)5-9/h1-8,19H,(H,30,32)(H,31,33)/t19-/m1/s1. The SMILES string of the molecule is O=C(Nc1cc(Br)cc2c1[C@@H](c1cccc(F)c1Cl)NC2=O)c1cc(F)cc(C(F)(F)F)c1. The zero-order chi connectivity index (χ0) is 24.1. The van der Waals surface area contributed by atoms with Gasteiger partial charge in [-0.1, -0.05) is 39.7 Å². The largest absolute Gasteiger partial charge is 0.416 e. The van der Waals surface area contributed by atoms with Gasteiger partial charge in [-0.3, -0.25) is 9.59 Å². The fraction of sp³-hybridized carbons (Fsp3) is 0.0909. The average molecular weight is 546 g/mol. The molecule has 2 N–H and O–H groups in total. The molecule has 0 radical (unpaired) electrons. The van der Waals surface area contributed by atoms with Crippen molar-refractivity contribution >= 4 is 45.0 Å². The number of carbonyl (C=O) groups excluding carboxylic acids is 2. The summed E-state index contributed by atoms with van der Waals surface area (Å²) >= 11 is 9.29. The van der Waals surface area contributed by atoms with Crippen LogP contribution in [0.15, 0.2) is 53.0 Å². The highest BCUT2D eigenvalue weighted by Crippen LogP contribution is 2.41. The first kappa shape index (κ1) is 23.2. The number of carbonyl (C=O) groups is 2. The Morgan fingerprint density at radius 1 is 1.09 bits per heavy atom. The van der Waals surface area contributed by atoms with E-state index in [4.69, 9.17) is 11.6 Å². The molecule has 3 aromatic rings. The number of hydrogen-bond acceptors (Lipinski definition) is 2. The third-order valence-corrected chi connectivity index (χ3v) is 5.84. The second-order valence-corrected chi connectivity index (χ2v) is 8.44. The Kier molecular flexibility index (Phi) is 5.92. The van der Waals surface area contributed by atoms with Gasteiger partial charge in [-0.15, -0.1) is 0 Å². The van der Waals surface area contributed by atoms with Crippen LogP contribution in [0.3, 0.4) is 0 Å². The maximum Gasteiger partial charge on any atom is 0.416 e. The normalized spacial score (nSPS) is 15.2. The number of alkyl halides is 3. The highest BCUT2D eigenvalue weighted by atomic mass is 79.9. The maximum absolute atomic E-state index is 14.0. The number of benzene rings is 3. The third-order valence-electron chi connectivity index (χ3n) is 4.98. The number of amides is 2. The molecule has 1 atom stereocenters. The lowest BCUT2D eigenvalue weighted by Gasteiger charge is -2.18. The highest BCUT2D eigenvalue weighted by molar-refractivity contribution is 9.10. The molecule has 0 unspecified atom stereocenters. The number of anilines is 1. The van der Waals surface area contributed by atoms with E-state index in [-0.39, 0.29) is 33.5 Å². The van der Waals surface area contributed by atoms with E-state index >= 15 is 0 Å². The Labute approximate surface area is 196 Å². The van der Waals surface area contributed by atoms with Gasteiger partial charge < -0.3 is 10.6 Å². The lowest BCUT2D eigenvalue weighted by Crippen LogP contribution is -2.21. The van der Waals surface area contributed by atoms with Gasteiger partial charge in [-0.25, -0.2) is 8.78 Å². The summed E-state index contributed by atoms with van der Waals surface area (Å²) in [5.41, 5.74) is -1.27. The molecule has 170 valence electrons. The lowest BCUT2D eigenvalue weighted by atomic mass is 9.96.